The molecule has 132 valence electrons. The van der Waals surface area contributed by atoms with Gasteiger partial charge in [0.15, 0.2) is 0 Å². The Kier molecular flexibility index (Phi) is 7.00. The van der Waals surface area contributed by atoms with Crippen LogP contribution in [0.15, 0.2) is 48.5 Å². The van der Waals surface area contributed by atoms with Crippen LogP contribution >= 0.6 is 0 Å². The van der Waals surface area contributed by atoms with Crippen LogP contribution in [0.2, 0.25) is 0 Å². The summed E-state index contributed by atoms with van der Waals surface area (Å²) in [4.78, 5) is 0. The number of ether oxygens (including phenoxy) is 3. The Hall–Kier alpha value is -2.35. The van der Waals surface area contributed by atoms with E-state index in [2.05, 4.69) is 11.8 Å². The maximum Gasteiger partial charge on any atom is 0.149 e. The summed E-state index contributed by atoms with van der Waals surface area (Å²) >= 11 is 0. The fraction of sp³-hybridized carbons (Fsp3) is 0.333. The van der Waals surface area contributed by atoms with Crippen molar-refractivity contribution < 1.29 is 18.6 Å². The standard InChI is InChI=1S/C21H23FO3/c1-4-21(24-3,16-23-2)18-13-19(22)15-20(14-18)25-12-8-11-17-9-6-5-7-10-17/h5-7,9-10,13-15H,4,12,16H2,1-3H3. The van der Waals surface area contributed by atoms with Crippen LogP contribution in [0.4, 0.5) is 4.39 Å². The Balaban J connectivity index is 2.14. The Morgan fingerprint density at radius 2 is 1.84 bits per heavy atom. The summed E-state index contributed by atoms with van der Waals surface area (Å²) in [6, 6.07) is 14.2. The Bertz CT molecular complexity index is 728. The smallest absolute Gasteiger partial charge is 0.149 e. The molecule has 0 aliphatic carbocycles. The van der Waals surface area contributed by atoms with Crippen molar-refractivity contribution in [2.45, 2.75) is 18.9 Å². The maximum absolute atomic E-state index is 14.0. The van der Waals surface area contributed by atoms with Crippen LogP contribution in [0.3, 0.4) is 0 Å². The number of halogens is 1. The maximum atomic E-state index is 14.0. The molecule has 0 bridgehead atoms. The van der Waals surface area contributed by atoms with Gasteiger partial charge in [0.1, 0.15) is 23.8 Å². The van der Waals surface area contributed by atoms with Gasteiger partial charge in [0, 0.05) is 25.8 Å². The second kappa shape index (κ2) is 9.22. The van der Waals surface area contributed by atoms with Gasteiger partial charge in [-0.25, -0.2) is 4.39 Å². The van der Waals surface area contributed by atoms with Gasteiger partial charge in [-0.3, -0.25) is 0 Å². The van der Waals surface area contributed by atoms with E-state index in [4.69, 9.17) is 14.2 Å². The normalized spacial score (nSPS) is 12.8. The van der Waals surface area contributed by atoms with Crippen molar-refractivity contribution in [2.24, 2.45) is 0 Å². The molecule has 0 aliphatic rings. The van der Waals surface area contributed by atoms with Crippen molar-refractivity contribution in [1.29, 1.82) is 0 Å². The number of hydrogen-bond donors (Lipinski definition) is 0. The van der Waals surface area contributed by atoms with Gasteiger partial charge in [0.05, 0.1) is 6.61 Å². The van der Waals surface area contributed by atoms with E-state index in [1.807, 2.05) is 37.3 Å². The van der Waals surface area contributed by atoms with Crippen molar-refractivity contribution in [3.05, 3.63) is 65.5 Å². The molecule has 3 nitrogen and oxygen atoms in total. The molecule has 1 unspecified atom stereocenters. The van der Waals surface area contributed by atoms with E-state index in [0.29, 0.717) is 24.3 Å². The number of rotatable bonds is 7. The van der Waals surface area contributed by atoms with Gasteiger partial charge in [-0.05, 0) is 36.2 Å². The lowest BCUT2D eigenvalue weighted by molar-refractivity contribution is -0.0722. The lowest BCUT2D eigenvalue weighted by atomic mass is 9.91. The molecule has 0 radical (unpaired) electrons. The van der Waals surface area contributed by atoms with Crippen LogP contribution in [0.1, 0.15) is 24.5 Å². The molecule has 2 aromatic rings. The first-order chi connectivity index (χ1) is 12.1. The number of hydrogen-bond acceptors (Lipinski definition) is 3. The summed E-state index contributed by atoms with van der Waals surface area (Å²) in [6.07, 6.45) is 0.647. The Labute approximate surface area is 148 Å². The minimum Gasteiger partial charge on any atom is -0.481 e. The van der Waals surface area contributed by atoms with Crippen LogP contribution in [0.25, 0.3) is 0 Å². The van der Waals surface area contributed by atoms with Crippen molar-refractivity contribution in [2.75, 3.05) is 27.4 Å². The molecule has 0 aliphatic heterocycles. The van der Waals surface area contributed by atoms with Gasteiger partial charge in [-0.2, -0.15) is 0 Å². The first kappa shape index (κ1) is 19.0. The fourth-order valence-corrected chi connectivity index (χ4v) is 2.63. The lowest BCUT2D eigenvalue weighted by Crippen LogP contribution is -2.33. The minimum absolute atomic E-state index is 0.175. The van der Waals surface area contributed by atoms with Gasteiger partial charge in [0.25, 0.3) is 0 Å². The summed E-state index contributed by atoms with van der Waals surface area (Å²) in [5.74, 6) is 5.97. The van der Waals surface area contributed by atoms with Crippen LogP contribution in [0, 0.1) is 17.7 Å². The third kappa shape index (κ3) is 5.06. The molecule has 2 aromatic carbocycles. The molecule has 0 saturated heterocycles. The molecule has 0 N–H and O–H groups in total. The summed E-state index contributed by atoms with van der Waals surface area (Å²) in [6.45, 7) is 2.48. The quantitative estimate of drug-likeness (QED) is 0.707. The summed E-state index contributed by atoms with van der Waals surface area (Å²) in [5.41, 5.74) is 0.894. The summed E-state index contributed by atoms with van der Waals surface area (Å²) < 4.78 is 30.5. The zero-order valence-electron chi connectivity index (χ0n) is 14.8. The van der Waals surface area contributed by atoms with Crippen LogP contribution in [-0.4, -0.2) is 27.4 Å². The molecular weight excluding hydrogens is 319 g/mol. The van der Waals surface area contributed by atoms with Crippen LogP contribution in [-0.2, 0) is 15.1 Å². The van der Waals surface area contributed by atoms with Gasteiger partial charge in [-0.15, -0.1) is 0 Å². The average molecular weight is 342 g/mol. The monoisotopic (exact) mass is 342 g/mol. The van der Waals surface area contributed by atoms with Gasteiger partial charge in [-0.1, -0.05) is 37.0 Å². The minimum atomic E-state index is -0.704. The summed E-state index contributed by atoms with van der Waals surface area (Å²) in [7, 11) is 3.19. The van der Waals surface area contributed by atoms with E-state index in [-0.39, 0.29) is 12.4 Å². The average Bonchev–Trinajstić information content (AvgIpc) is 2.64. The van der Waals surface area contributed by atoms with E-state index in [1.54, 1.807) is 20.3 Å². The number of methoxy groups -OCH3 is 2. The highest BCUT2D eigenvalue weighted by molar-refractivity contribution is 5.36. The Morgan fingerprint density at radius 1 is 1.08 bits per heavy atom. The zero-order chi connectivity index (χ0) is 18.1. The molecule has 1 atom stereocenters. The first-order valence-corrected chi connectivity index (χ1v) is 8.15. The van der Waals surface area contributed by atoms with Gasteiger partial charge < -0.3 is 14.2 Å². The SMILES string of the molecule is CCC(COC)(OC)c1cc(F)cc(OCC#Cc2ccccc2)c1. The van der Waals surface area contributed by atoms with Crippen LogP contribution in [0.5, 0.6) is 5.75 Å². The van der Waals surface area contributed by atoms with Crippen molar-refractivity contribution in [3.8, 4) is 17.6 Å². The van der Waals surface area contributed by atoms with Gasteiger partial charge in [0.2, 0.25) is 0 Å². The molecule has 25 heavy (non-hydrogen) atoms. The van der Waals surface area contributed by atoms with Crippen LogP contribution < -0.4 is 4.74 Å². The van der Waals surface area contributed by atoms with E-state index in [1.165, 1.54) is 12.1 Å². The largest absolute Gasteiger partial charge is 0.481 e. The third-order valence-electron chi connectivity index (χ3n) is 4.05. The highest BCUT2D eigenvalue weighted by Crippen LogP contribution is 2.32. The highest BCUT2D eigenvalue weighted by Gasteiger charge is 2.31. The molecule has 0 heterocycles. The third-order valence-corrected chi connectivity index (χ3v) is 4.05. The Morgan fingerprint density at radius 3 is 2.48 bits per heavy atom. The summed E-state index contributed by atoms with van der Waals surface area (Å²) in [5, 5.41) is 0. The van der Waals surface area contributed by atoms with Crippen molar-refractivity contribution in [3.63, 3.8) is 0 Å². The fourth-order valence-electron chi connectivity index (χ4n) is 2.63. The second-order valence-corrected chi connectivity index (χ2v) is 5.62. The highest BCUT2D eigenvalue weighted by atomic mass is 19.1. The van der Waals surface area contributed by atoms with E-state index in [9.17, 15) is 4.39 Å². The lowest BCUT2D eigenvalue weighted by Gasteiger charge is -2.31. The topological polar surface area (TPSA) is 27.7 Å². The second-order valence-electron chi connectivity index (χ2n) is 5.62. The molecule has 0 fully saturated rings. The molecule has 4 heteroatoms. The first-order valence-electron chi connectivity index (χ1n) is 8.15. The molecule has 0 aromatic heterocycles. The van der Waals surface area contributed by atoms with Gasteiger partial charge >= 0.3 is 0 Å². The molecule has 0 saturated carbocycles. The molecule has 0 spiro atoms. The molecular formula is C21H23FO3. The molecule has 0 amide bonds. The zero-order valence-corrected chi connectivity index (χ0v) is 14.8. The van der Waals surface area contributed by atoms with E-state index < -0.39 is 5.60 Å². The van der Waals surface area contributed by atoms with Crippen molar-refractivity contribution in [1.82, 2.24) is 0 Å². The van der Waals surface area contributed by atoms with E-state index in [0.717, 1.165) is 5.56 Å². The predicted molar refractivity (Wildman–Crippen MR) is 96.1 cm³/mol. The molecule has 2 rings (SSSR count). The van der Waals surface area contributed by atoms with E-state index >= 15 is 0 Å². The van der Waals surface area contributed by atoms with Crippen molar-refractivity contribution >= 4 is 0 Å². The number of benzene rings is 2. The predicted octanol–water partition coefficient (Wildman–Crippen LogP) is 4.15.